The first-order valence-electron chi connectivity index (χ1n) is 7.31. The van der Waals surface area contributed by atoms with Crippen molar-refractivity contribution in [1.29, 1.82) is 0 Å². The highest BCUT2D eigenvalue weighted by molar-refractivity contribution is 5.94. The van der Waals surface area contributed by atoms with Gasteiger partial charge in [0.15, 0.2) is 0 Å². The van der Waals surface area contributed by atoms with Crippen LogP contribution in [0.4, 0.5) is 13.2 Å². The van der Waals surface area contributed by atoms with Crippen LogP contribution in [0.15, 0.2) is 59.0 Å². The lowest BCUT2D eigenvalue weighted by atomic mass is 10.1. The zero-order valence-electron chi connectivity index (χ0n) is 12.7. The Morgan fingerprint density at radius 2 is 1.83 bits per heavy atom. The number of halogens is 3. The molecule has 0 radical (unpaired) electrons. The number of hydrogen-bond donors (Lipinski definition) is 1. The van der Waals surface area contributed by atoms with Crippen molar-refractivity contribution < 1.29 is 22.4 Å². The van der Waals surface area contributed by atoms with Gasteiger partial charge in [-0.05, 0) is 37.3 Å². The number of carbonyl (C=O) groups excluding carboxylic acids is 1. The first kappa shape index (κ1) is 16.1. The van der Waals surface area contributed by atoms with E-state index in [0.29, 0.717) is 11.3 Å². The summed E-state index contributed by atoms with van der Waals surface area (Å²) < 4.78 is 43.8. The standard InChI is InChI=1S/C18H14F3NO2/c1-11(16-10-12-5-2-3-8-15(12)24-16)22-17(23)13-6-4-7-14(9-13)18(19,20)21/h2-11H,1H3,(H,22,23)/t11-/m0/s1. The number of alkyl halides is 3. The lowest BCUT2D eigenvalue weighted by molar-refractivity contribution is -0.137. The van der Waals surface area contributed by atoms with Crippen LogP contribution in [0, 0.1) is 0 Å². The van der Waals surface area contributed by atoms with Crippen LogP contribution in [0.1, 0.15) is 34.6 Å². The minimum atomic E-state index is -4.49. The summed E-state index contributed by atoms with van der Waals surface area (Å²) in [5, 5.41) is 3.55. The molecule has 0 spiro atoms. The summed E-state index contributed by atoms with van der Waals surface area (Å²) in [6, 6.07) is 13.0. The zero-order valence-corrected chi connectivity index (χ0v) is 12.7. The number of para-hydroxylation sites is 1. The Morgan fingerprint density at radius 3 is 2.54 bits per heavy atom. The van der Waals surface area contributed by atoms with Crippen LogP contribution in [0.25, 0.3) is 11.0 Å². The molecule has 1 amide bonds. The molecule has 3 aromatic rings. The molecule has 0 fully saturated rings. The average molecular weight is 333 g/mol. The van der Waals surface area contributed by atoms with Gasteiger partial charge in [-0.3, -0.25) is 4.79 Å². The number of carbonyl (C=O) groups is 1. The molecule has 24 heavy (non-hydrogen) atoms. The molecule has 0 aliphatic rings. The predicted molar refractivity (Wildman–Crippen MR) is 83.5 cm³/mol. The minimum absolute atomic E-state index is 0.0483. The molecule has 1 aromatic heterocycles. The number of rotatable bonds is 3. The van der Waals surface area contributed by atoms with Gasteiger partial charge in [0.1, 0.15) is 11.3 Å². The van der Waals surface area contributed by atoms with Gasteiger partial charge in [-0.1, -0.05) is 24.3 Å². The molecule has 0 unspecified atom stereocenters. The molecule has 0 aliphatic carbocycles. The summed E-state index contributed by atoms with van der Waals surface area (Å²) >= 11 is 0. The van der Waals surface area contributed by atoms with Crippen molar-refractivity contribution in [3.8, 4) is 0 Å². The van der Waals surface area contributed by atoms with Crippen molar-refractivity contribution in [1.82, 2.24) is 5.32 Å². The van der Waals surface area contributed by atoms with Crippen LogP contribution >= 0.6 is 0 Å². The smallest absolute Gasteiger partial charge is 0.416 e. The molecule has 1 heterocycles. The second-order valence-electron chi connectivity index (χ2n) is 5.46. The normalized spacial score (nSPS) is 13.0. The van der Waals surface area contributed by atoms with Gasteiger partial charge in [-0.15, -0.1) is 0 Å². The molecule has 1 N–H and O–H groups in total. The van der Waals surface area contributed by atoms with Crippen molar-refractivity contribution >= 4 is 16.9 Å². The summed E-state index contributed by atoms with van der Waals surface area (Å²) in [5.74, 6) is -0.0504. The molecular formula is C18H14F3NO2. The van der Waals surface area contributed by atoms with E-state index >= 15 is 0 Å². The fraction of sp³-hybridized carbons (Fsp3) is 0.167. The van der Waals surface area contributed by atoms with Crippen LogP contribution < -0.4 is 5.32 Å². The number of fused-ring (bicyclic) bond motifs is 1. The molecule has 0 saturated carbocycles. The Bertz CT molecular complexity index is 850. The van der Waals surface area contributed by atoms with Crippen LogP contribution in [-0.4, -0.2) is 5.91 Å². The summed E-state index contributed by atoms with van der Waals surface area (Å²) in [6.45, 7) is 1.71. The molecule has 3 rings (SSSR count). The first-order valence-corrected chi connectivity index (χ1v) is 7.31. The van der Waals surface area contributed by atoms with E-state index in [0.717, 1.165) is 17.5 Å². The van der Waals surface area contributed by atoms with Gasteiger partial charge in [0, 0.05) is 10.9 Å². The Labute approximate surface area is 136 Å². The highest BCUT2D eigenvalue weighted by Crippen LogP contribution is 2.30. The topological polar surface area (TPSA) is 42.2 Å². The van der Waals surface area contributed by atoms with Crippen LogP contribution in [-0.2, 0) is 6.18 Å². The highest BCUT2D eigenvalue weighted by atomic mass is 19.4. The van der Waals surface area contributed by atoms with E-state index in [2.05, 4.69) is 5.32 Å². The molecular weight excluding hydrogens is 319 g/mol. The summed E-state index contributed by atoms with van der Waals surface area (Å²) in [4.78, 5) is 12.2. The van der Waals surface area contributed by atoms with Gasteiger partial charge in [0.25, 0.3) is 5.91 Å². The lowest BCUT2D eigenvalue weighted by Gasteiger charge is -2.13. The Kier molecular flexibility index (Phi) is 4.05. The minimum Gasteiger partial charge on any atom is -0.459 e. The lowest BCUT2D eigenvalue weighted by Crippen LogP contribution is -2.26. The number of furan rings is 1. The van der Waals surface area contributed by atoms with Crippen LogP contribution in [0.5, 0.6) is 0 Å². The summed E-state index contributed by atoms with van der Waals surface area (Å²) in [5.41, 5.74) is -0.216. The van der Waals surface area contributed by atoms with Crippen molar-refractivity contribution in [2.24, 2.45) is 0 Å². The van der Waals surface area contributed by atoms with Crippen molar-refractivity contribution in [3.63, 3.8) is 0 Å². The first-order chi connectivity index (χ1) is 11.3. The zero-order chi connectivity index (χ0) is 17.3. The van der Waals surface area contributed by atoms with E-state index in [1.54, 1.807) is 19.1 Å². The van der Waals surface area contributed by atoms with E-state index in [-0.39, 0.29) is 5.56 Å². The van der Waals surface area contributed by atoms with Crippen LogP contribution in [0.3, 0.4) is 0 Å². The number of nitrogens with one attached hydrogen (secondary N) is 1. The number of benzene rings is 2. The van der Waals surface area contributed by atoms with Gasteiger partial charge in [0.2, 0.25) is 0 Å². The quantitative estimate of drug-likeness (QED) is 0.737. The van der Waals surface area contributed by atoms with E-state index in [1.807, 2.05) is 18.2 Å². The van der Waals surface area contributed by atoms with E-state index in [4.69, 9.17) is 4.42 Å². The monoisotopic (exact) mass is 333 g/mol. The van der Waals surface area contributed by atoms with Crippen molar-refractivity contribution in [2.75, 3.05) is 0 Å². The fourth-order valence-electron chi connectivity index (χ4n) is 2.40. The molecule has 1 atom stereocenters. The third-order valence-electron chi connectivity index (χ3n) is 3.67. The summed E-state index contributed by atoms with van der Waals surface area (Å²) in [6.07, 6.45) is -4.49. The van der Waals surface area contributed by atoms with Crippen molar-refractivity contribution in [2.45, 2.75) is 19.1 Å². The Hall–Kier alpha value is -2.76. The Morgan fingerprint density at radius 1 is 1.08 bits per heavy atom. The molecule has 0 saturated heterocycles. The molecule has 0 bridgehead atoms. The third kappa shape index (κ3) is 3.27. The van der Waals surface area contributed by atoms with Gasteiger partial charge < -0.3 is 9.73 Å². The Balaban J connectivity index is 1.79. The predicted octanol–water partition coefficient (Wildman–Crippen LogP) is 4.94. The SMILES string of the molecule is C[C@H](NC(=O)c1cccc(C(F)(F)F)c1)c1cc2ccccc2o1. The van der Waals surface area contributed by atoms with Crippen LogP contribution in [0.2, 0.25) is 0 Å². The van der Waals surface area contributed by atoms with Gasteiger partial charge in [0.05, 0.1) is 11.6 Å². The molecule has 124 valence electrons. The van der Waals surface area contributed by atoms with E-state index in [1.165, 1.54) is 12.1 Å². The molecule has 2 aromatic carbocycles. The fourth-order valence-corrected chi connectivity index (χ4v) is 2.40. The number of hydrogen-bond acceptors (Lipinski definition) is 2. The van der Waals surface area contributed by atoms with Crippen molar-refractivity contribution in [3.05, 3.63) is 71.5 Å². The molecule has 0 aliphatic heterocycles. The second-order valence-corrected chi connectivity index (χ2v) is 5.46. The number of amides is 1. The van der Waals surface area contributed by atoms with Gasteiger partial charge in [-0.2, -0.15) is 13.2 Å². The average Bonchev–Trinajstić information content (AvgIpc) is 2.98. The maximum atomic E-state index is 12.7. The molecule has 3 nitrogen and oxygen atoms in total. The highest BCUT2D eigenvalue weighted by Gasteiger charge is 2.31. The van der Waals surface area contributed by atoms with E-state index in [9.17, 15) is 18.0 Å². The van der Waals surface area contributed by atoms with Gasteiger partial charge >= 0.3 is 6.18 Å². The van der Waals surface area contributed by atoms with E-state index < -0.39 is 23.7 Å². The second kappa shape index (κ2) is 6.03. The summed E-state index contributed by atoms with van der Waals surface area (Å²) in [7, 11) is 0. The third-order valence-corrected chi connectivity index (χ3v) is 3.67. The maximum Gasteiger partial charge on any atom is 0.416 e. The van der Waals surface area contributed by atoms with Gasteiger partial charge in [-0.25, -0.2) is 0 Å². The molecule has 6 heteroatoms. The largest absolute Gasteiger partial charge is 0.459 e. The maximum absolute atomic E-state index is 12.7.